The van der Waals surface area contributed by atoms with E-state index in [1.165, 1.54) is 18.5 Å². The topological polar surface area (TPSA) is 100 Å². The van der Waals surface area contributed by atoms with Crippen molar-refractivity contribution < 1.29 is 19.8 Å². The minimum Gasteiger partial charge on any atom is -0.480 e. The van der Waals surface area contributed by atoms with Gasteiger partial charge in [-0.3, -0.25) is 9.59 Å². The van der Waals surface area contributed by atoms with Crippen LogP contribution in [0, 0.1) is 0 Å². The molecular formula is C7H6N2O4. The summed E-state index contributed by atoms with van der Waals surface area (Å²) in [5.74, 6) is -4.86. The Morgan fingerprint density at radius 3 is 2.00 bits per heavy atom. The number of rotatable bonds is 3. The number of carboxylic acid groups (broad SMARTS) is 2. The first-order chi connectivity index (χ1) is 6.13. The van der Waals surface area contributed by atoms with E-state index in [0.29, 0.717) is 0 Å². The smallest absolute Gasteiger partial charge is 0.325 e. The lowest BCUT2D eigenvalue weighted by Crippen LogP contribution is -2.23. The fraction of sp³-hybridized carbons (Fsp3) is 0.143. The molecule has 13 heavy (non-hydrogen) atoms. The van der Waals surface area contributed by atoms with Gasteiger partial charge in [-0.15, -0.1) is 0 Å². The number of hydrogen-bond donors (Lipinski definition) is 2. The minimum absolute atomic E-state index is 0.220. The maximum Gasteiger partial charge on any atom is 0.325 e. The summed E-state index contributed by atoms with van der Waals surface area (Å²) in [6.45, 7) is 0. The van der Waals surface area contributed by atoms with E-state index in [4.69, 9.17) is 10.2 Å². The molecule has 1 heterocycles. The molecule has 6 heteroatoms. The molecule has 2 N–H and O–H groups in total. The summed E-state index contributed by atoms with van der Waals surface area (Å²) in [6, 6.07) is 1.48. The van der Waals surface area contributed by atoms with E-state index >= 15 is 0 Å². The van der Waals surface area contributed by atoms with Crippen molar-refractivity contribution >= 4 is 11.9 Å². The number of aliphatic carboxylic acids is 2. The first-order valence-corrected chi connectivity index (χ1v) is 3.35. The number of hydrogen-bond acceptors (Lipinski definition) is 4. The molecule has 0 spiro atoms. The van der Waals surface area contributed by atoms with Crippen LogP contribution in [-0.4, -0.2) is 32.1 Å². The molecular weight excluding hydrogens is 176 g/mol. The molecule has 0 aliphatic rings. The second-order valence-electron chi connectivity index (χ2n) is 2.22. The Balaban J connectivity index is 3.03. The van der Waals surface area contributed by atoms with Gasteiger partial charge in [-0.2, -0.15) is 0 Å². The van der Waals surface area contributed by atoms with Gasteiger partial charge in [0.2, 0.25) is 5.92 Å². The highest BCUT2D eigenvalue weighted by molar-refractivity contribution is 5.98. The van der Waals surface area contributed by atoms with Crippen molar-refractivity contribution in [1.82, 2.24) is 9.97 Å². The third kappa shape index (κ3) is 1.98. The van der Waals surface area contributed by atoms with Crippen molar-refractivity contribution in [2.75, 3.05) is 0 Å². The fourth-order valence-electron chi connectivity index (χ4n) is 0.786. The summed E-state index contributed by atoms with van der Waals surface area (Å²) in [4.78, 5) is 28.1. The van der Waals surface area contributed by atoms with Crippen molar-refractivity contribution in [1.29, 1.82) is 0 Å². The molecule has 1 rings (SSSR count). The molecule has 0 aliphatic carbocycles. The van der Waals surface area contributed by atoms with Crippen molar-refractivity contribution in [3.63, 3.8) is 0 Å². The Morgan fingerprint density at radius 2 is 1.62 bits per heavy atom. The van der Waals surface area contributed by atoms with Gasteiger partial charge >= 0.3 is 11.9 Å². The normalized spacial score (nSPS) is 9.92. The molecule has 0 atom stereocenters. The van der Waals surface area contributed by atoms with Crippen LogP contribution in [0.3, 0.4) is 0 Å². The van der Waals surface area contributed by atoms with Gasteiger partial charge in [0.15, 0.2) is 5.82 Å². The van der Waals surface area contributed by atoms with Crippen molar-refractivity contribution in [3.8, 4) is 0 Å². The van der Waals surface area contributed by atoms with Crippen LogP contribution in [-0.2, 0) is 9.59 Å². The van der Waals surface area contributed by atoms with Crippen LogP contribution in [0.2, 0.25) is 0 Å². The third-order valence-corrected chi connectivity index (χ3v) is 1.34. The minimum atomic E-state index is -1.69. The van der Waals surface area contributed by atoms with E-state index in [-0.39, 0.29) is 5.82 Å². The number of carboxylic acids is 2. The van der Waals surface area contributed by atoms with Crippen LogP contribution in [0.4, 0.5) is 0 Å². The monoisotopic (exact) mass is 182 g/mol. The van der Waals surface area contributed by atoms with Crippen LogP contribution >= 0.6 is 0 Å². The SMILES string of the molecule is O=C(O)C(C(=O)O)c1ncccn1. The van der Waals surface area contributed by atoms with Crippen LogP contribution in [0.5, 0.6) is 0 Å². The van der Waals surface area contributed by atoms with Crippen molar-refractivity contribution in [3.05, 3.63) is 24.3 Å². The summed E-state index contributed by atoms with van der Waals surface area (Å²) in [7, 11) is 0. The van der Waals surface area contributed by atoms with E-state index in [1.807, 2.05) is 0 Å². The Morgan fingerprint density at radius 1 is 1.15 bits per heavy atom. The molecule has 0 aromatic carbocycles. The predicted octanol–water partition coefficient (Wildman–Crippen LogP) is -0.271. The molecule has 1 aromatic rings. The van der Waals surface area contributed by atoms with E-state index in [1.54, 1.807) is 0 Å². The molecule has 0 bridgehead atoms. The standard InChI is InChI=1S/C7H6N2O4/c10-6(11)4(7(12)13)5-8-2-1-3-9-5/h1-4H,(H,10,11)(H,12,13). The highest BCUT2D eigenvalue weighted by atomic mass is 16.4. The van der Waals surface area contributed by atoms with E-state index in [2.05, 4.69) is 9.97 Å². The van der Waals surface area contributed by atoms with Crippen LogP contribution < -0.4 is 0 Å². The molecule has 0 saturated carbocycles. The van der Waals surface area contributed by atoms with Gasteiger partial charge in [-0.05, 0) is 6.07 Å². The van der Waals surface area contributed by atoms with Gasteiger partial charge in [0.05, 0.1) is 0 Å². The summed E-state index contributed by atoms with van der Waals surface area (Å²) in [5, 5.41) is 17.1. The zero-order chi connectivity index (χ0) is 9.84. The summed E-state index contributed by atoms with van der Waals surface area (Å²) in [5.41, 5.74) is 0. The largest absolute Gasteiger partial charge is 0.480 e. The summed E-state index contributed by atoms with van der Waals surface area (Å²) >= 11 is 0. The van der Waals surface area contributed by atoms with E-state index in [0.717, 1.165) is 0 Å². The van der Waals surface area contributed by atoms with Crippen molar-refractivity contribution in [2.24, 2.45) is 0 Å². The maximum absolute atomic E-state index is 10.5. The summed E-state index contributed by atoms with van der Waals surface area (Å²) < 4.78 is 0. The number of nitrogens with zero attached hydrogens (tertiary/aromatic N) is 2. The fourth-order valence-corrected chi connectivity index (χ4v) is 0.786. The van der Waals surface area contributed by atoms with Gasteiger partial charge in [0.25, 0.3) is 0 Å². The van der Waals surface area contributed by atoms with Gasteiger partial charge in [-0.25, -0.2) is 9.97 Å². The lowest BCUT2D eigenvalue weighted by Gasteiger charge is -2.03. The van der Waals surface area contributed by atoms with Gasteiger partial charge in [0, 0.05) is 12.4 Å². The molecule has 0 radical (unpaired) electrons. The average molecular weight is 182 g/mol. The molecule has 0 unspecified atom stereocenters. The maximum atomic E-state index is 10.5. The zero-order valence-corrected chi connectivity index (χ0v) is 6.41. The Kier molecular flexibility index (Phi) is 2.53. The molecule has 0 amide bonds. The molecule has 6 nitrogen and oxygen atoms in total. The highest BCUT2D eigenvalue weighted by Crippen LogP contribution is 2.09. The molecule has 1 aromatic heterocycles. The number of aromatic nitrogens is 2. The zero-order valence-electron chi connectivity index (χ0n) is 6.41. The van der Waals surface area contributed by atoms with E-state index < -0.39 is 17.9 Å². The van der Waals surface area contributed by atoms with Crippen molar-refractivity contribution in [2.45, 2.75) is 5.92 Å². The van der Waals surface area contributed by atoms with E-state index in [9.17, 15) is 9.59 Å². The second-order valence-corrected chi connectivity index (χ2v) is 2.22. The molecule has 68 valence electrons. The lowest BCUT2D eigenvalue weighted by atomic mass is 10.1. The van der Waals surface area contributed by atoms with Crippen LogP contribution in [0.1, 0.15) is 11.7 Å². The first-order valence-electron chi connectivity index (χ1n) is 3.35. The van der Waals surface area contributed by atoms with Gasteiger partial charge < -0.3 is 10.2 Å². The predicted molar refractivity (Wildman–Crippen MR) is 40.0 cm³/mol. The lowest BCUT2D eigenvalue weighted by molar-refractivity contribution is -0.150. The van der Waals surface area contributed by atoms with Gasteiger partial charge in [-0.1, -0.05) is 0 Å². The third-order valence-electron chi connectivity index (χ3n) is 1.34. The Labute approximate surface area is 72.9 Å². The molecule has 0 aliphatic heterocycles. The Bertz CT molecular complexity index is 311. The summed E-state index contributed by atoms with van der Waals surface area (Å²) in [6.07, 6.45) is 2.59. The quantitative estimate of drug-likeness (QED) is 0.624. The van der Waals surface area contributed by atoms with Gasteiger partial charge in [0.1, 0.15) is 0 Å². The first kappa shape index (κ1) is 9.11. The molecule has 0 saturated heterocycles. The Hall–Kier alpha value is -1.98. The molecule has 0 fully saturated rings. The van der Waals surface area contributed by atoms with Crippen LogP contribution in [0.15, 0.2) is 18.5 Å². The average Bonchev–Trinajstić information content (AvgIpc) is 2.04. The second kappa shape index (κ2) is 3.61. The number of carbonyl (C=O) groups is 2. The highest BCUT2D eigenvalue weighted by Gasteiger charge is 2.30. The van der Waals surface area contributed by atoms with Crippen LogP contribution in [0.25, 0.3) is 0 Å².